The van der Waals surface area contributed by atoms with E-state index in [1.54, 1.807) is 12.3 Å². The molecule has 7 heteroatoms. The molecule has 0 fully saturated rings. The van der Waals surface area contributed by atoms with Crippen LogP contribution in [0.1, 0.15) is 5.69 Å². The molecule has 6 nitrogen and oxygen atoms in total. The van der Waals surface area contributed by atoms with Crippen LogP contribution in [0.2, 0.25) is 0 Å². The van der Waals surface area contributed by atoms with Crippen molar-refractivity contribution < 1.29 is 9.21 Å². The highest BCUT2D eigenvalue weighted by Crippen LogP contribution is 2.22. The zero-order valence-electron chi connectivity index (χ0n) is 11.5. The van der Waals surface area contributed by atoms with E-state index in [0.29, 0.717) is 16.5 Å². The van der Waals surface area contributed by atoms with Crippen molar-refractivity contribution in [3.63, 3.8) is 0 Å². The first-order valence-electron chi connectivity index (χ1n) is 6.52. The van der Waals surface area contributed by atoms with Crippen molar-refractivity contribution in [1.82, 2.24) is 15.4 Å². The summed E-state index contributed by atoms with van der Waals surface area (Å²) < 4.78 is 5.52. The van der Waals surface area contributed by atoms with Gasteiger partial charge in [0.25, 0.3) is 11.1 Å². The number of pyridine rings is 1. The third-order valence-electron chi connectivity index (χ3n) is 2.67. The van der Waals surface area contributed by atoms with Crippen LogP contribution in [-0.4, -0.2) is 27.8 Å². The predicted octanol–water partition coefficient (Wildman–Crippen LogP) is 2.47. The van der Waals surface area contributed by atoms with Crippen molar-refractivity contribution in [1.29, 1.82) is 0 Å². The number of nitrogens with one attached hydrogen (secondary N) is 1. The van der Waals surface area contributed by atoms with Crippen LogP contribution in [0.5, 0.6) is 0 Å². The summed E-state index contributed by atoms with van der Waals surface area (Å²) in [6.07, 6.45) is 3.15. The van der Waals surface area contributed by atoms with Gasteiger partial charge in [-0.3, -0.25) is 9.78 Å². The number of fused-ring (bicyclic) bond motifs is 1. The van der Waals surface area contributed by atoms with Crippen molar-refractivity contribution in [2.75, 3.05) is 5.75 Å². The van der Waals surface area contributed by atoms with Crippen LogP contribution >= 0.6 is 11.8 Å². The van der Waals surface area contributed by atoms with E-state index in [4.69, 9.17) is 4.42 Å². The highest BCUT2D eigenvalue weighted by atomic mass is 32.2. The fourth-order valence-corrected chi connectivity index (χ4v) is 2.33. The van der Waals surface area contributed by atoms with Crippen LogP contribution in [0.3, 0.4) is 0 Å². The second-order valence-corrected chi connectivity index (χ2v) is 5.21. The van der Waals surface area contributed by atoms with Crippen molar-refractivity contribution in [3.05, 3.63) is 54.4 Å². The highest BCUT2D eigenvalue weighted by Gasteiger charge is 2.08. The van der Waals surface area contributed by atoms with Crippen molar-refractivity contribution in [2.45, 2.75) is 5.22 Å². The van der Waals surface area contributed by atoms with Gasteiger partial charge in [0.05, 0.1) is 17.7 Å². The number of hydrogen-bond acceptors (Lipinski definition) is 6. The second-order valence-electron chi connectivity index (χ2n) is 4.28. The summed E-state index contributed by atoms with van der Waals surface area (Å²) in [4.78, 5) is 20.0. The van der Waals surface area contributed by atoms with Gasteiger partial charge in [-0.25, -0.2) is 10.4 Å². The van der Waals surface area contributed by atoms with Crippen LogP contribution in [-0.2, 0) is 4.79 Å². The van der Waals surface area contributed by atoms with Crippen LogP contribution < -0.4 is 5.43 Å². The van der Waals surface area contributed by atoms with Gasteiger partial charge in [-0.05, 0) is 24.3 Å². The van der Waals surface area contributed by atoms with E-state index in [9.17, 15) is 4.79 Å². The standard InChI is InChI=1S/C15H12N4O2S/c20-14(19-17-9-11-5-3-4-8-16-11)10-22-15-18-12-6-1-2-7-13(12)21-15/h1-9H,10H2,(H,19,20)/b17-9+. The third kappa shape index (κ3) is 3.70. The summed E-state index contributed by atoms with van der Waals surface area (Å²) in [5.74, 6) is -0.0636. The molecular weight excluding hydrogens is 300 g/mol. The zero-order chi connectivity index (χ0) is 15.2. The van der Waals surface area contributed by atoms with Gasteiger partial charge in [0.15, 0.2) is 5.58 Å². The maximum absolute atomic E-state index is 11.7. The summed E-state index contributed by atoms with van der Waals surface area (Å²) in [6, 6.07) is 12.9. The molecule has 0 radical (unpaired) electrons. The lowest BCUT2D eigenvalue weighted by Crippen LogP contribution is -2.19. The van der Waals surface area contributed by atoms with Crippen molar-refractivity contribution in [2.24, 2.45) is 5.10 Å². The van der Waals surface area contributed by atoms with Crippen LogP contribution in [0, 0.1) is 0 Å². The number of carbonyl (C=O) groups excluding carboxylic acids is 1. The Kier molecular flexibility index (Phi) is 4.45. The van der Waals surface area contributed by atoms with Gasteiger partial charge in [-0.15, -0.1) is 0 Å². The maximum Gasteiger partial charge on any atom is 0.257 e. The molecule has 1 N–H and O–H groups in total. The van der Waals surface area contributed by atoms with E-state index in [-0.39, 0.29) is 11.7 Å². The first-order valence-corrected chi connectivity index (χ1v) is 7.51. The SMILES string of the molecule is O=C(CSc1nc2ccccc2o1)N/N=C/c1ccccn1. The molecule has 0 aliphatic heterocycles. The number of hydrazone groups is 1. The largest absolute Gasteiger partial charge is 0.431 e. The number of rotatable bonds is 5. The normalized spacial score (nSPS) is 11.1. The van der Waals surface area contributed by atoms with Gasteiger partial charge in [-0.1, -0.05) is 30.0 Å². The van der Waals surface area contributed by atoms with Gasteiger partial charge in [0.2, 0.25) is 0 Å². The van der Waals surface area contributed by atoms with E-state index in [2.05, 4.69) is 20.5 Å². The summed E-state index contributed by atoms with van der Waals surface area (Å²) in [7, 11) is 0. The first-order chi connectivity index (χ1) is 10.8. The Morgan fingerprint density at radius 2 is 2.14 bits per heavy atom. The molecule has 0 aliphatic carbocycles. The zero-order valence-corrected chi connectivity index (χ0v) is 12.3. The van der Waals surface area contributed by atoms with Crippen LogP contribution in [0.25, 0.3) is 11.1 Å². The number of benzene rings is 1. The molecule has 2 heterocycles. The molecule has 0 bridgehead atoms. The van der Waals surface area contributed by atoms with E-state index in [1.807, 2.05) is 36.4 Å². The molecule has 0 atom stereocenters. The molecule has 1 aromatic carbocycles. The average Bonchev–Trinajstić information content (AvgIpc) is 2.97. The van der Waals surface area contributed by atoms with Crippen molar-refractivity contribution >= 4 is 35.0 Å². The van der Waals surface area contributed by atoms with Gasteiger partial charge < -0.3 is 4.42 Å². The number of amides is 1. The lowest BCUT2D eigenvalue weighted by Gasteiger charge is -1.96. The Morgan fingerprint density at radius 3 is 2.95 bits per heavy atom. The van der Waals surface area contributed by atoms with E-state index >= 15 is 0 Å². The van der Waals surface area contributed by atoms with E-state index < -0.39 is 0 Å². The number of hydrogen-bond donors (Lipinski definition) is 1. The van der Waals surface area contributed by atoms with Gasteiger partial charge in [0.1, 0.15) is 5.52 Å². The quantitative estimate of drug-likeness (QED) is 0.445. The molecular formula is C15H12N4O2S. The Labute approximate surface area is 130 Å². The third-order valence-corrected chi connectivity index (χ3v) is 3.50. The predicted molar refractivity (Wildman–Crippen MR) is 84.7 cm³/mol. The van der Waals surface area contributed by atoms with E-state index in [0.717, 1.165) is 5.52 Å². The average molecular weight is 312 g/mol. The molecule has 110 valence electrons. The summed E-state index contributed by atoms with van der Waals surface area (Å²) in [5.41, 5.74) is 4.59. The van der Waals surface area contributed by atoms with E-state index in [1.165, 1.54) is 18.0 Å². The number of aromatic nitrogens is 2. The monoisotopic (exact) mass is 312 g/mol. The molecule has 1 amide bonds. The molecule has 0 spiro atoms. The first kappa shape index (κ1) is 14.3. The van der Waals surface area contributed by atoms with Crippen molar-refractivity contribution in [3.8, 4) is 0 Å². The lowest BCUT2D eigenvalue weighted by atomic mass is 10.3. The molecule has 2 aromatic heterocycles. The minimum absolute atomic E-state index is 0.173. The fourth-order valence-electron chi connectivity index (χ4n) is 1.70. The van der Waals surface area contributed by atoms with Gasteiger partial charge in [0, 0.05) is 6.20 Å². The molecule has 3 rings (SSSR count). The Morgan fingerprint density at radius 1 is 1.27 bits per heavy atom. The lowest BCUT2D eigenvalue weighted by molar-refractivity contribution is -0.118. The summed E-state index contributed by atoms with van der Waals surface area (Å²) >= 11 is 1.22. The smallest absolute Gasteiger partial charge is 0.257 e. The van der Waals surface area contributed by atoms with Gasteiger partial charge >= 0.3 is 0 Å². The Hall–Kier alpha value is -2.67. The summed E-state index contributed by atoms with van der Waals surface area (Å²) in [6.45, 7) is 0. The minimum atomic E-state index is -0.237. The molecule has 0 saturated heterocycles. The number of oxazole rings is 1. The highest BCUT2D eigenvalue weighted by molar-refractivity contribution is 7.99. The Balaban J connectivity index is 1.51. The molecule has 22 heavy (non-hydrogen) atoms. The number of para-hydroxylation sites is 2. The fraction of sp³-hybridized carbons (Fsp3) is 0.0667. The van der Waals surface area contributed by atoms with Crippen LogP contribution in [0.4, 0.5) is 0 Å². The second kappa shape index (κ2) is 6.86. The number of carbonyl (C=O) groups is 1. The molecule has 0 unspecified atom stereocenters. The number of nitrogens with zero attached hydrogens (tertiary/aromatic N) is 3. The van der Waals surface area contributed by atoms with Crippen LogP contribution in [0.15, 0.2) is 63.4 Å². The number of thioether (sulfide) groups is 1. The minimum Gasteiger partial charge on any atom is -0.431 e. The topological polar surface area (TPSA) is 80.4 Å². The maximum atomic E-state index is 11.7. The molecule has 0 saturated carbocycles. The Bertz CT molecular complexity index is 768. The summed E-state index contributed by atoms with van der Waals surface area (Å²) in [5, 5.41) is 4.31. The molecule has 0 aliphatic rings. The molecule has 3 aromatic rings. The van der Waals surface area contributed by atoms with Gasteiger partial charge in [-0.2, -0.15) is 5.10 Å².